The lowest BCUT2D eigenvalue weighted by Crippen LogP contribution is -2.16. The molecule has 0 saturated carbocycles. The maximum atomic E-state index is 13.0. The van der Waals surface area contributed by atoms with Gasteiger partial charge in [-0.2, -0.15) is 0 Å². The Morgan fingerprint density at radius 2 is 1.52 bits per heavy atom. The summed E-state index contributed by atoms with van der Waals surface area (Å²) < 4.78 is 34.1. The summed E-state index contributed by atoms with van der Waals surface area (Å²) in [6.07, 6.45) is 3.17. The molecule has 0 spiro atoms. The number of anilines is 1. The van der Waals surface area contributed by atoms with Crippen LogP contribution >= 0.6 is 0 Å². The quantitative estimate of drug-likeness (QED) is 0.385. The fourth-order valence-corrected chi connectivity index (χ4v) is 4.46. The number of sulfonamides is 1. The minimum Gasteiger partial charge on any atom is -0.478 e. The maximum Gasteiger partial charge on any atom is 0.337 e. The zero-order valence-electron chi connectivity index (χ0n) is 17.6. The number of aryl methyl sites for hydroxylation is 1. The van der Waals surface area contributed by atoms with Gasteiger partial charge in [-0.25, -0.2) is 13.2 Å². The van der Waals surface area contributed by atoms with Crippen LogP contribution in [-0.2, 0) is 10.0 Å². The molecular weight excluding hydrogens is 440 g/mol. The van der Waals surface area contributed by atoms with Crippen molar-refractivity contribution < 1.29 is 23.1 Å². The van der Waals surface area contributed by atoms with E-state index in [4.69, 9.17) is 4.74 Å². The molecule has 0 aliphatic carbocycles. The summed E-state index contributed by atoms with van der Waals surface area (Å²) in [5, 5.41) is 9.75. The number of nitrogens with one attached hydrogen (secondary N) is 1. The van der Waals surface area contributed by atoms with Crippen LogP contribution in [0, 0.1) is 6.92 Å². The number of pyridine rings is 1. The number of carbonyl (C=O) groups is 1. The highest BCUT2D eigenvalue weighted by molar-refractivity contribution is 7.92. The monoisotopic (exact) mass is 460 g/mol. The number of carboxylic acid groups (broad SMARTS) is 1. The van der Waals surface area contributed by atoms with Crippen molar-refractivity contribution in [3.8, 4) is 22.6 Å². The summed E-state index contributed by atoms with van der Waals surface area (Å²) in [5.74, 6) is -0.205. The number of aromatic carboxylic acids is 1. The molecule has 4 aromatic rings. The lowest BCUT2D eigenvalue weighted by atomic mass is 9.98. The van der Waals surface area contributed by atoms with E-state index in [1.807, 2.05) is 30.3 Å². The molecular formula is C25H20N2O5S. The SMILES string of the molecule is Cc1cc(-c2ccccc2)cc(C(=O)O)c1NS(=O)(=O)c1ccc(Oc2ccncc2)cc1. The van der Waals surface area contributed by atoms with E-state index in [0.717, 1.165) is 5.56 Å². The molecule has 2 N–H and O–H groups in total. The Hall–Kier alpha value is -4.17. The van der Waals surface area contributed by atoms with Gasteiger partial charge in [0, 0.05) is 12.4 Å². The Labute approximate surface area is 191 Å². The van der Waals surface area contributed by atoms with Gasteiger partial charge < -0.3 is 9.84 Å². The van der Waals surface area contributed by atoms with Gasteiger partial charge in [0.1, 0.15) is 11.5 Å². The lowest BCUT2D eigenvalue weighted by Gasteiger charge is -2.16. The second kappa shape index (κ2) is 9.13. The van der Waals surface area contributed by atoms with Gasteiger partial charge in [0.2, 0.25) is 0 Å². The van der Waals surface area contributed by atoms with Crippen molar-refractivity contribution in [2.45, 2.75) is 11.8 Å². The van der Waals surface area contributed by atoms with E-state index in [0.29, 0.717) is 22.6 Å². The van der Waals surface area contributed by atoms with Crippen LogP contribution in [-0.4, -0.2) is 24.5 Å². The first kappa shape index (κ1) is 22.0. The first-order chi connectivity index (χ1) is 15.8. The summed E-state index contributed by atoms with van der Waals surface area (Å²) in [6.45, 7) is 1.67. The molecule has 0 aliphatic heterocycles. The fraction of sp³-hybridized carbons (Fsp3) is 0.0400. The Balaban J connectivity index is 1.63. The third-order valence-electron chi connectivity index (χ3n) is 4.93. The average Bonchev–Trinajstić information content (AvgIpc) is 2.81. The van der Waals surface area contributed by atoms with E-state index in [1.165, 1.54) is 30.3 Å². The fourth-order valence-electron chi connectivity index (χ4n) is 3.31. The van der Waals surface area contributed by atoms with Crippen LogP contribution in [0.25, 0.3) is 11.1 Å². The molecule has 7 nitrogen and oxygen atoms in total. The molecule has 0 unspecified atom stereocenters. The van der Waals surface area contributed by atoms with Gasteiger partial charge in [0.05, 0.1) is 16.1 Å². The summed E-state index contributed by atoms with van der Waals surface area (Å²) >= 11 is 0. The van der Waals surface area contributed by atoms with Gasteiger partial charge >= 0.3 is 5.97 Å². The highest BCUT2D eigenvalue weighted by Crippen LogP contribution is 2.31. The second-order valence-corrected chi connectivity index (χ2v) is 8.93. The summed E-state index contributed by atoms with van der Waals surface area (Å²) in [4.78, 5) is 15.8. The molecule has 0 amide bonds. The topological polar surface area (TPSA) is 106 Å². The molecule has 3 aromatic carbocycles. The third kappa shape index (κ3) is 5.02. The highest BCUT2D eigenvalue weighted by atomic mass is 32.2. The molecule has 166 valence electrons. The number of hydrogen-bond acceptors (Lipinski definition) is 5. The molecule has 0 atom stereocenters. The smallest absolute Gasteiger partial charge is 0.337 e. The van der Waals surface area contributed by atoms with Crippen LogP contribution in [0.2, 0.25) is 0 Å². The zero-order valence-corrected chi connectivity index (χ0v) is 18.4. The van der Waals surface area contributed by atoms with E-state index in [2.05, 4.69) is 9.71 Å². The van der Waals surface area contributed by atoms with Crippen molar-refractivity contribution in [2.24, 2.45) is 0 Å². The predicted octanol–water partition coefficient (Wildman–Crippen LogP) is 5.35. The van der Waals surface area contributed by atoms with Crippen LogP contribution < -0.4 is 9.46 Å². The highest BCUT2D eigenvalue weighted by Gasteiger charge is 2.21. The van der Waals surface area contributed by atoms with Gasteiger partial charge in [-0.1, -0.05) is 30.3 Å². The van der Waals surface area contributed by atoms with Crippen molar-refractivity contribution >= 4 is 21.7 Å². The minimum atomic E-state index is -4.04. The molecule has 0 saturated heterocycles. The van der Waals surface area contributed by atoms with E-state index in [-0.39, 0.29) is 16.1 Å². The second-order valence-electron chi connectivity index (χ2n) is 7.25. The standard InChI is InChI=1S/C25H20N2O5S/c1-17-15-19(18-5-3-2-4-6-18)16-23(25(28)29)24(17)27-33(30,31)22-9-7-20(8-10-22)32-21-11-13-26-14-12-21/h2-16,27H,1H3,(H,28,29). The summed E-state index contributed by atoms with van der Waals surface area (Å²) in [7, 11) is -4.04. The normalized spacial score (nSPS) is 11.1. The van der Waals surface area contributed by atoms with E-state index in [1.54, 1.807) is 37.5 Å². The number of hydrogen-bond donors (Lipinski definition) is 2. The number of aromatic nitrogens is 1. The summed E-state index contributed by atoms with van der Waals surface area (Å²) in [6, 6.07) is 21.7. The molecule has 0 fully saturated rings. The summed E-state index contributed by atoms with van der Waals surface area (Å²) in [5.41, 5.74) is 1.91. The Morgan fingerprint density at radius 3 is 2.15 bits per heavy atom. The van der Waals surface area contributed by atoms with Crippen molar-refractivity contribution in [3.63, 3.8) is 0 Å². The largest absolute Gasteiger partial charge is 0.478 e. The zero-order chi connectivity index (χ0) is 23.4. The average molecular weight is 461 g/mol. The van der Waals surface area contributed by atoms with Gasteiger partial charge in [-0.3, -0.25) is 9.71 Å². The molecule has 0 aliphatic rings. The number of benzene rings is 3. The first-order valence-corrected chi connectivity index (χ1v) is 11.5. The van der Waals surface area contributed by atoms with Gasteiger partial charge in [0.15, 0.2) is 0 Å². The van der Waals surface area contributed by atoms with Crippen LogP contribution in [0.5, 0.6) is 11.5 Å². The van der Waals surface area contributed by atoms with E-state index in [9.17, 15) is 18.3 Å². The van der Waals surface area contributed by atoms with Crippen LogP contribution in [0.1, 0.15) is 15.9 Å². The molecule has 4 rings (SSSR count). The van der Waals surface area contributed by atoms with Crippen molar-refractivity contribution in [1.29, 1.82) is 0 Å². The molecule has 1 aromatic heterocycles. The van der Waals surface area contributed by atoms with E-state index < -0.39 is 16.0 Å². The lowest BCUT2D eigenvalue weighted by molar-refractivity contribution is 0.0698. The Kier molecular flexibility index (Phi) is 6.10. The van der Waals surface area contributed by atoms with Crippen molar-refractivity contribution in [1.82, 2.24) is 4.98 Å². The van der Waals surface area contributed by atoms with Crippen LogP contribution in [0.15, 0.2) is 96.2 Å². The number of ether oxygens (including phenoxy) is 1. The molecule has 0 bridgehead atoms. The van der Waals surface area contributed by atoms with Crippen molar-refractivity contribution in [2.75, 3.05) is 4.72 Å². The first-order valence-electron chi connectivity index (χ1n) is 9.97. The van der Waals surface area contributed by atoms with Crippen LogP contribution in [0.3, 0.4) is 0 Å². The van der Waals surface area contributed by atoms with Gasteiger partial charge in [-0.05, 0) is 72.1 Å². The Morgan fingerprint density at radius 1 is 0.879 bits per heavy atom. The Bertz CT molecular complexity index is 1390. The van der Waals surface area contributed by atoms with E-state index >= 15 is 0 Å². The van der Waals surface area contributed by atoms with Crippen LogP contribution in [0.4, 0.5) is 5.69 Å². The molecule has 1 heterocycles. The number of carboxylic acids is 1. The predicted molar refractivity (Wildman–Crippen MR) is 125 cm³/mol. The number of nitrogens with zero attached hydrogens (tertiary/aromatic N) is 1. The molecule has 33 heavy (non-hydrogen) atoms. The number of rotatable bonds is 7. The third-order valence-corrected chi connectivity index (χ3v) is 6.29. The minimum absolute atomic E-state index is 0.0209. The molecule has 8 heteroatoms. The molecule has 0 radical (unpaired) electrons. The maximum absolute atomic E-state index is 13.0. The van der Waals surface area contributed by atoms with Gasteiger partial charge in [0.25, 0.3) is 10.0 Å². The van der Waals surface area contributed by atoms with Crippen molar-refractivity contribution in [3.05, 3.63) is 102 Å². The van der Waals surface area contributed by atoms with Gasteiger partial charge in [-0.15, -0.1) is 0 Å².